The molecule has 0 fully saturated rings. The van der Waals surface area contributed by atoms with Crippen molar-refractivity contribution in [2.45, 2.75) is 33.9 Å². The van der Waals surface area contributed by atoms with E-state index in [4.69, 9.17) is 16.3 Å². The Balaban J connectivity index is 1.89. The molecule has 26 heavy (non-hydrogen) atoms. The van der Waals surface area contributed by atoms with Gasteiger partial charge in [-0.25, -0.2) is 0 Å². The van der Waals surface area contributed by atoms with Crippen molar-refractivity contribution in [3.05, 3.63) is 64.2 Å². The van der Waals surface area contributed by atoms with Gasteiger partial charge in [0.2, 0.25) is 0 Å². The molecule has 5 heteroatoms. The maximum absolute atomic E-state index is 12.1. The molecule has 4 nitrogen and oxygen atoms in total. The Morgan fingerprint density at radius 3 is 2.46 bits per heavy atom. The molecule has 0 spiro atoms. The lowest BCUT2D eigenvalue weighted by Crippen LogP contribution is -2.29. The van der Waals surface area contributed by atoms with Gasteiger partial charge in [-0.2, -0.15) is 0 Å². The largest absolute Gasteiger partial charge is 0.484 e. The van der Waals surface area contributed by atoms with Crippen LogP contribution < -0.4 is 10.1 Å². The number of carbonyl (C=O) groups is 1. The molecule has 0 saturated heterocycles. The number of hydrogen-bond acceptors (Lipinski definition) is 3. The molecular formula is C21H27ClN2O2. The molecule has 2 aromatic carbocycles. The Morgan fingerprint density at radius 2 is 1.81 bits per heavy atom. The van der Waals surface area contributed by atoms with E-state index < -0.39 is 0 Å². The minimum atomic E-state index is -0.142. The van der Waals surface area contributed by atoms with Crippen molar-refractivity contribution in [3.8, 4) is 5.75 Å². The summed E-state index contributed by atoms with van der Waals surface area (Å²) < 4.78 is 5.59. The van der Waals surface area contributed by atoms with E-state index in [9.17, 15) is 4.79 Å². The summed E-state index contributed by atoms with van der Waals surface area (Å²) in [7, 11) is 0. The van der Waals surface area contributed by atoms with Crippen LogP contribution in [0.25, 0.3) is 0 Å². The smallest absolute Gasteiger partial charge is 0.258 e. The third-order valence-electron chi connectivity index (χ3n) is 4.38. The lowest BCUT2D eigenvalue weighted by molar-refractivity contribution is -0.123. The van der Waals surface area contributed by atoms with Crippen LogP contribution in [0.4, 0.5) is 0 Å². The summed E-state index contributed by atoms with van der Waals surface area (Å²) in [6.45, 7) is 9.60. The van der Waals surface area contributed by atoms with E-state index in [-0.39, 0.29) is 12.5 Å². The zero-order valence-corrected chi connectivity index (χ0v) is 16.5. The maximum Gasteiger partial charge on any atom is 0.258 e. The molecular weight excluding hydrogens is 348 g/mol. The topological polar surface area (TPSA) is 41.6 Å². The normalized spacial score (nSPS) is 10.8. The van der Waals surface area contributed by atoms with Gasteiger partial charge in [0.05, 0.1) is 0 Å². The van der Waals surface area contributed by atoms with Gasteiger partial charge in [-0.3, -0.25) is 9.69 Å². The molecule has 2 aromatic rings. The summed E-state index contributed by atoms with van der Waals surface area (Å²) in [5, 5.41) is 3.60. The van der Waals surface area contributed by atoms with E-state index in [0.29, 0.717) is 17.3 Å². The number of nitrogens with zero attached hydrogens (tertiary/aromatic N) is 1. The number of rotatable bonds is 9. The molecule has 0 aliphatic heterocycles. The highest BCUT2D eigenvalue weighted by atomic mass is 35.5. The van der Waals surface area contributed by atoms with Crippen LogP contribution in [-0.2, 0) is 17.9 Å². The van der Waals surface area contributed by atoms with E-state index in [0.717, 1.165) is 30.8 Å². The summed E-state index contributed by atoms with van der Waals surface area (Å²) in [6, 6.07) is 13.6. The molecule has 0 aromatic heterocycles. The van der Waals surface area contributed by atoms with Crippen LogP contribution in [0, 0.1) is 6.92 Å². The predicted molar refractivity (Wildman–Crippen MR) is 107 cm³/mol. The molecule has 0 bridgehead atoms. The number of carbonyl (C=O) groups excluding carboxylic acids is 1. The zero-order valence-electron chi connectivity index (χ0n) is 15.7. The van der Waals surface area contributed by atoms with Gasteiger partial charge in [-0.15, -0.1) is 0 Å². The molecule has 0 saturated carbocycles. The second kappa shape index (κ2) is 10.2. The quantitative estimate of drug-likeness (QED) is 0.715. The summed E-state index contributed by atoms with van der Waals surface area (Å²) in [5.74, 6) is 0.531. The van der Waals surface area contributed by atoms with Crippen LogP contribution in [0.3, 0.4) is 0 Å². The van der Waals surface area contributed by atoms with Crippen molar-refractivity contribution in [2.24, 2.45) is 0 Å². The Hall–Kier alpha value is -2.04. The second-order valence-corrected chi connectivity index (χ2v) is 6.64. The van der Waals surface area contributed by atoms with Crippen LogP contribution in [0.1, 0.15) is 30.5 Å². The first-order valence-electron chi connectivity index (χ1n) is 8.98. The fourth-order valence-electron chi connectivity index (χ4n) is 2.74. The van der Waals surface area contributed by atoms with Gasteiger partial charge in [0.25, 0.3) is 5.91 Å². The van der Waals surface area contributed by atoms with E-state index in [1.807, 2.05) is 25.1 Å². The summed E-state index contributed by atoms with van der Waals surface area (Å²) in [5.41, 5.74) is 3.29. The van der Waals surface area contributed by atoms with Crippen LogP contribution in [0.15, 0.2) is 42.5 Å². The molecule has 140 valence electrons. The summed E-state index contributed by atoms with van der Waals surface area (Å²) in [4.78, 5) is 14.5. The molecule has 0 aliphatic carbocycles. The molecule has 2 rings (SSSR count). The maximum atomic E-state index is 12.1. The van der Waals surface area contributed by atoms with E-state index in [2.05, 4.69) is 36.2 Å². The molecule has 0 heterocycles. The van der Waals surface area contributed by atoms with Crippen molar-refractivity contribution in [1.29, 1.82) is 0 Å². The lowest BCUT2D eigenvalue weighted by Gasteiger charge is -2.20. The number of benzene rings is 2. The van der Waals surface area contributed by atoms with Gasteiger partial charge in [-0.05, 0) is 54.9 Å². The van der Waals surface area contributed by atoms with Gasteiger partial charge in [-0.1, -0.05) is 49.7 Å². The zero-order chi connectivity index (χ0) is 18.9. The Morgan fingerprint density at radius 1 is 1.12 bits per heavy atom. The van der Waals surface area contributed by atoms with Crippen molar-refractivity contribution in [2.75, 3.05) is 19.7 Å². The summed E-state index contributed by atoms with van der Waals surface area (Å²) in [6.07, 6.45) is 0. The van der Waals surface area contributed by atoms with E-state index in [1.165, 1.54) is 5.56 Å². The van der Waals surface area contributed by atoms with Gasteiger partial charge in [0.1, 0.15) is 5.75 Å². The first-order valence-corrected chi connectivity index (χ1v) is 9.36. The van der Waals surface area contributed by atoms with Crippen molar-refractivity contribution in [1.82, 2.24) is 10.2 Å². The third-order valence-corrected chi connectivity index (χ3v) is 4.61. The number of amides is 1. The molecule has 1 N–H and O–H groups in total. The molecule has 0 unspecified atom stereocenters. The van der Waals surface area contributed by atoms with Gasteiger partial charge >= 0.3 is 0 Å². The number of aryl methyl sites for hydroxylation is 1. The first kappa shape index (κ1) is 20.3. The van der Waals surface area contributed by atoms with Crippen LogP contribution in [-0.4, -0.2) is 30.5 Å². The Bertz CT molecular complexity index is 730. The Labute approximate surface area is 161 Å². The van der Waals surface area contributed by atoms with Crippen LogP contribution in [0.2, 0.25) is 5.02 Å². The highest BCUT2D eigenvalue weighted by Gasteiger charge is 2.09. The average Bonchev–Trinajstić information content (AvgIpc) is 2.64. The fourth-order valence-corrected chi connectivity index (χ4v) is 2.96. The minimum Gasteiger partial charge on any atom is -0.484 e. The van der Waals surface area contributed by atoms with Crippen LogP contribution in [0.5, 0.6) is 5.75 Å². The predicted octanol–water partition coefficient (Wildman–Crippen LogP) is 4.19. The second-order valence-electron chi connectivity index (χ2n) is 6.21. The van der Waals surface area contributed by atoms with E-state index in [1.54, 1.807) is 12.1 Å². The number of hydrogen-bond donors (Lipinski definition) is 1. The average molecular weight is 375 g/mol. The van der Waals surface area contributed by atoms with Gasteiger partial charge in [0, 0.05) is 18.1 Å². The highest BCUT2D eigenvalue weighted by molar-refractivity contribution is 6.30. The van der Waals surface area contributed by atoms with Gasteiger partial charge in [0.15, 0.2) is 6.61 Å². The SMILES string of the molecule is CCN(CC)Cc1ccccc1CNC(=O)COc1ccc(Cl)cc1C. The van der Waals surface area contributed by atoms with Crippen molar-refractivity contribution >= 4 is 17.5 Å². The lowest BCUT2D eigenvalue weighted by atomic mass is 10.1. The number of halogens is 1. The molecule has 1 amide bonds. The monoisotopic (exact) mass is 374 g/mol. The van der Waals surface area contributed by atoms with Crippen molar-refractivity contribution in [3.63, 3.8) is 0 Å². The van der Waals surface area contributed by atoms with Crippen molar-refractivity contribution < 1.29 is 9.53 Å². The fraction of sp³-hybridized carbons (Fsp3) is 0.381. The van der Waals surface area contributed by atoms with Gasteiger partial charge < -0.3 is 10.1 Å². The Kier molecular flexibility index (Phi) is 7.95. The standard InChI is InChI=1S/C21H27ClN2O2/c1-4-24(5-2)14-18-9-7-6-8-17(18)13-23-21(25)15-26-20-11-10-19(22)12-16(20)3/h6-12H,4-5,13-15H2,1-3H3,(H,23,25). The molecule has 0 aliphatic rings. The molecule has 0 radical (unpaired) electrons. The first-order chi connectivity index (χ1) is 12.5. The molecule has 0 atom stereocenters. The number of ether oxygens (including phenoxy) is 1. The highest BCUT2D eigenvalue weighted by Crippen LogP contribution is 2.21. The van der Waals surface area contributed by atoms with E-state index >= 15 is 0 Å². The number of nitrogens with one attached hydrogen (secondary N) is 1. The summed E-state index contributed by atoms with van der Waals surface area (Å²) >= 11 is 5.93. The van der Waals surface area contributed by atoms with Crippen LogP contribution >= 0.6 is 11.6 Å². The third kappa shape index (κ3) is 6.04. The minimum absolute atomic E-state index is 0.0132.